The summed E-state index contributed by atoms with van der Waals surface area (Å²) < 4.78 is 1.68. The van der Waals surface area contributed by atoms with Crippen molar-refractivity contribution in [1.29, 1.82) is 0 Å². The molecule has 0 aliphatic rings. The van der Waals surface area contributed by atoms with E-state index in [4.69, 9.17) is 0 Å². The molecule has 134 valence electrons. The number of nitrogens with zero attached hydrogens (tertiary/aromatic N) is 6. The van der Waals surface area contributed by atoms with E-state index >= 15 is 0 Å². The first kappa shape index (κ1) is 16.6. The lowest BCUT2D eigenvalue weighted by atomic mass is 10.1. The summed E-state index contributed by atoms with van der Waals surface area (Å²) in [7, 11) is 0. The van der Waals surface area contributed by atoms with E-state index < -0.39 is 0 Å². The average molecular weight is 360 g/mol. The maximum Gasteiger partial charge on any atom is 0.251 e. The fraction of sp³-hybridized carbons (Fsp3) is 0.111. The highest BCUT2D eigenvalue weighted by molar-refractivity contribution is 5.94. The van der Waals surface area contributed by atoms with Gasteiger partial charge in [-0.25, -0.2) is 9.67 Å². The van der Waals surface area contributed by atoms with Gasteiger partial charge in [0.15, 0.2) is 0 Å². The van der Waals surface area contributed by atoms with E-state index in [0.29, 0.717) is 11.4 Å². The first-order chi connectivity index (χ1) is 13.2. The molecule has 1 atom stereocenters. The molecular weight excluding hydrogens is 344 g/mol. The second kappa shape index (κ2) is 7.16. The van der Waals surface area contributed by atoms with Crippen molar-refractivity contribution in [2.24, 2.45) is 0 Å². The molecule has 2 aromatic carbocycles. The van der Waals surface area contributed by atoms with E-state index in [-0.39, 0.29) is 11.9 Å². The monoisotopic (exact) mass is 360 g/mol. The van der Waals surface area contributed by atoms with Crippen LogP contribution in [0.5, 0.6) is 0 Å². The molecule has 2 heterocycles. The van der Waals surface area contributed by atoms with Gasteiger partial charge in [-0.15, -0.1) is 10.2 Å². The lowest BCUT2D eigenvalue weighted by Gasteiger charge is -2.15. The maximum absolute atomic E-state index is 12.5. The summed E-state index contributed by atoms with van der Waals surface area (Å²) in [6.45, 7) is 1.94. The van der Waals surface area contributed by atoms with Gasteiger partial charge in [-0.05, 0) is 42.0 Å². The number of carbonyl (C=O) groups is 1. The van der Waals surface area contributed by atoms with Crippen LogP contribution in [0.3, 0.4) is 0 Å². The molecule has 0 fully saturated rings. The van der Waals surface area contributed by atoms with Crippen LogP contribution in [0.2, 0.25) is 0 Å². The molecule has 0 aliphatic carbocycles. The van der Waals surface area contributed by atoms with Crippen molar-refractivity contribution in [3.05, 3.63) is 72.3 Å². The van der Waals surface area contributed by atoms with Crippen molar-refractivity contribution in [3.8, 4) is 17.1 Å². The standard InChI is InChI=1S/C18H16N8O/c1-12(13-6-8-16(9-7-13)26-11-19-10-20-26)21-18(27)15-4-2-14(3-5-15)17-22-24-25-23-17/h2-12H,1H3,(H,21,27)(H,22,23,24,25)/t12-/m1/s1. The molecule has 2 N–H and O–H groups in total. The topological polar surface area (TPSA) is 114 Å². The maximum atomic E-state index is 12.5. The number of hydrogen-bond donors (Lipinski definition) is 2. The molecule has 0 aliphatic heterocycles. The van der Waals surface area contributed by atoms with Crippen molar-refractivity contribution >= 4 is 5.91 Å². The molecule has 9 heteroatoms. The Morgan fingerprint density at radius 3 is 2.52 bits per heavy atom. The third-order valence-corrected chi connectivity index (χ3v) is 4.17. The predicted octanol–water partition coefficient (Wildman–Crippen LogP) is 1.94. The highest BCUT2D eigenvalue weighted by Crippen LogP contribution is 2.17. The lowest BCUT2D eigenvalue weighted by molar-refractivity contribution is 0.0940. The first-order valence-electron chi connectivity index (χ1n) is 8.30. The molecule has 0 spiro atoms. The minimum atomic E-state index is -0.150. The molecular formula is C18H16N8O. The number of carbonyl (C=O) groups excluding carboxylic acids is 1. The van der Waals surface area contributed by atoms with Crippen molar-refractivity contribution < 1.29 is 4.79 Å². The minimum Gasteiger partial charge on any atom is -0.346 e. The van der Waals surface area contributed by atoms with Crippen LogP contribution in [0, 0.1) is 0 Å². The molecule has 0 radical (unpaired) electrons. The van der Waals surface area contributed by atoms with Crippen molar-refractivity contribution in [1.82, 2.24) is 40.7 Å². The largest absolute Gasteiger partial charge is 0.346 e. The zero-order chi connectivity index (χ0) is 18.6. The van der Waals surface area contributed by atoms with Crippen LogP contribution in [-0.4, -0.2) is 41.3 Å². The Kier molecular flexibility index (Phi) is 4.40. The second-order valence-electron chi connectivity index (χ2n) is 5.94. The number of aromatic nitrogens is 7. The smallest absolute Gasteiger partial charge is 0.251 e. The summed E-state index contributed by atoms with van der Waals surface area (Å²) in [5.41, 5.74) is 3.26. The average Bonchev–Trinajstić information content (AvgIpc) is 3.42. The van der Waals surface area contributed by atoms with Gasteiger partial charge in [0.2, 0.25) is 5.82 Å². The summed E-state index contributed by atoms with van der Waals surface area (Å²) in [6, 6.07) is 14.7. The Morgan fingerprint density at radius 1 is 1.11 bits per heavy atom. The van der Waals surface area contributed by atoms with Crippen LogP contribution in [0.1, 0.15) is 28.9 Å². The zero-order valence-electron chi connectivity index (χ0n) is 14.4. The Morgan fingerprint density at radius 2 is 1.89 bits per heavy atom. The highest BCUT2D eigenvalue weighted by atomic mass is 16.1. The number of H-pyrrole nitrogens is 1. The molecule has 4 aromatic rings. The first-order valence-corrected chi connectivity index (χ1v) is 8.30. The van der Waals surface area contributed by atoms with Gasteiger partial charge in [0.25, 0.3) is 5.91 Å². The molecule has 4 rings (SSSR count). The van der Waals surface area contributed by atoms with Gasteiger partial charge in [-0.3, -0.25) is 4.79 Å². The lowest BCUT2D eigenvalue weighted by Crippen LogP contribution is -2.26. The summed E-state index contributed by atoms with van der Waals surface area (Å²) in [5, 5.41) is 20.9. The summed E-state index contributed by atoms with van der Waals surface area (Å²) in [6.07, 6.45) is 3.12. The molecule has 0 saturated heterocycles. The fourth-order valence-corrected chi connectivity index (χ4v) is 2.68. The highest BCUT2D eigenvalue weighted by Gasteiger charge is 2.12. The molecule has 0 unspecified atom stereocenters. The third-order valence-electron chi connectivity index (χ3n) is 4.17. The normalized spacial score (nSPS) is 11.9. The Bertz CT molecular complexity index is 1010. The molecule has 1 amide bonds. The Balaban J connectivity index is 1.43. The summed E-state index contributed by atoms with van der Waals surface area (Å²) in [4.78, 5) is 16.4. The zero-order valence-corrected chi connectivity index (χ0v) is 14.4. The Labute approximate surface area is 154 Å². The molecule has 0 saturated carbocycles. The number of aromatic amines is 1. The van der Waals surface area contributed by atoms with Crippen molar-refractivity contribution in [3.63, 3.8) is 0 Å². The Hall–Kier alpha value is -3.88. The molecule has 0 bridgehead atoms. The number of benzene rings is 2. The minimum absolute atomic E-state index is 0.140. The number of nitrogens with one attached hydrogen (secondary N) is 2. The van der Waals surface area contributed by atoms with Gasteiger partial charge in [0.1, 0.15) is 12.7 Å². The summed E-state index contributed by atoms with van der Waals surface area (Å²) >= 11 is 0. The number of hydrogen-bond acceptors (Lipinski definition) is 6. The second-order valence-corrected chi connectivity index (χ2v) is 5.94. The quantitative estimate of drug-likeness (QED) is 0.562. The number of amides is 1. The predicted molar refractivity (Wildman–Crippen MR) is 96.9 cm³/mol. The van der Waals surface area contributed by atoms with Crippen LogP contribution in [0.15, 0.2) is 61.2 Å². The van der Waals surface area contributed by atoms with E-state index in [1.165, 1.54) is 6.33 Å². The summed E-state index contributed by atoms with van der Waals surface area (Å²) in [5.74, 6) is 0.338. The SMILES string of the molecule is C[C@@H](NC(=O)c1ccc(-c2nn[nH]n2)cc1)c1ccc(-n2cncn2)cc1. The van der Waals surface area contributed by atoms with E-state index in [9.17, 15) is 4.79 Å². The van der Waals surface area contributed by atoms with Gasteiger partial charge >= 0.3 is 0 Å². The van der Waals surface area contributed by atoms with Crippen molar-refractivity contribution in [2.45, 2.75) is 13.0 Å². The van der Waals surface area contributed by atoms with Crippen LogP contribution >= 0.6 is 0 Å². The number of rotatable bonds is 5. The fourth-order valence-electron chi connectivity index (χ4n) is 2.68. The van der Waals surface area contributed by atoms with E-state index in [2.05, 4.69) is 36.0 Å². The van der Waals surface area contributed by atoms with Gasteiger partial charge in [-0.2, -0.15) is 10.3 Å². The third kappa shape index (κ3) is 3.56. The molecule has 9 nitrogen and oxygen atoms in total. The van der Waals surface area contributed by atoms with Crippen LogP contribution in [-0.2, 0) is 0 Å². The van der Waals surface area contributed by atoms with Crippen LogP contribution < -0.4 is 5.32 Å². The molecule has 2 aromatic heterocycles. The molecule has 27 heavy (non-hydrogen) atoms. The van der Waals surface area contributed by atoms with Gasteiger partial charge in [0.05, 0.1) is 11.7 Å². The van der Waals surface area contributed by atoms with Gasteiger partial charge in [0, 0.05) is 11.1 Å². The van der Waals surface area contributed by atoms with Gasteiger partial charge in [-0.1, -0.05) is 24.3 Å². The van der Waals surface area contributed by atoms with Crippen LogP contribution in [0.4, 0.5) is 0 Å². The van der Waals surface area contributed by atoms with Crippen molar-refractivity contribution in [2.75, 3.05) is 0 Å². The van der Waals surface area contributed by atoms with Crippen LogP contribution in [0.25, 0.3) is 17.1 Å². The number of tetrazole rings is 1. The van der Waals surface area contributed by atoms with E-state index in [0.717, 1.165) is 16.8 Å². The van der Waals surface area contributed by atoms with E-state index in [1.54, 1.807) is 35.3 Å². The van der Waals surface area contributed by atoms with E-state index in [1.807, 2.05) is 31.2 Å². The van der Waals surface area contributed by atoms with Gasteiger partial charge < -0.3 is 5.32 Å².